The Balaban J connectivity index is 1.34. The topological polar surface area (TPSA) is 96.4 Å². The summed E-state index contributed by atoms with van der Waals surface area (Å²) in [5.41, 5.74) is 0.258. The highest BCUT2D eigenvalue weighted by molar-refractivity contribution is 7.15. The largest absolute Gasteiger partial charge is 0.472 e. The van der Waals surface area contributed by atoms with Crippen molar-refractivity contribution < 1.29 is 31.5 Å². The van der Waals surface area contributed by atoms with Gasteiger partial charge in [-0.3, -0.25) is 9.69 Å². The van der Waals surface area contributed by atoms with Crippen LogP contribution in [0.1, 0.15) is 11.9 Å². The molecule has 0 unspecified atom stereocenters. The van der Waals surface area contributed by atoms with Crippen molar-refractivity contribution in [2.75, 3.05) is 41.4 Å². The van der Waals surface area contributed by atoms with Gasteiger partial charge >= 0.3 is 12.1 Å². The lowest BCUT2D eigenvalue weighted by atomic mass is 10.1. The summed E-state index contributed by atoms with van der Waals surface area (Å²) in [4.78, 5) is 33.4. The summed E-state index contributed by atoms with van der Waals surface area (Å²) in [7, 11) is 0. The average molecular weight is 668 g/mol. The molecule has 4 heterocycles. The number of morpholine rings is 1. The number of aryl methyl sites for hydroxylation is 1. The van der Waals surface area contributed by atoms with Crippen LogP contribution >= 0.6 is 11.3 Å². The smallest absolute Gasteiger partial charge is 0.378 e. The van der Waals surface area contributed by atoms with Crippen LogP contribution in [0.5, 0.6) is 0 Å². The number of thiazole rings is 1. The molecule has 1 aliphatic rings. The summed E-state index contributed by atoms with van der Waals surface area (Å²) in [6.45, 7) is 4.68. The lowest BCUT2D eigenvalue weighted by Crippen LogP contribution is -2.39. The molecule has 2 aromatic carbocycles. The third-order valence-electron chi connectivity index (χ3n) is 7.19. The van der Waals surface area contributed by atoms with Crippen LogP contribution in [0.25, 0.3) is 21.8 Å². The second-order valence-electron chi connectivity index (χ2n) is 10.3. The van der Waals surface area contributed by atoms with Crippen LogP contribution in [-0.4, -0.2) is 58.3 Å². The number of halogens is 5. The van der Waals surface area contributed by atoms with E-state index in [4.69, 9.17) is 4.74 Å². The third kappa shape index (κ3) is 6.90. The minimum Gasteiger partial charge on any atom is -0.378 e. The summed E-state index contributed by atoms with van der Waals surface area (Å²) < 4.78 is 76.0. The monoisotopic (exact) mass is 667 g/mol. The molecule has 1 amide bonds. The number of ether oxygens (including phenoxy) is 1. The number of anilines is 5. The molecule has 0 bridgehead atoms. The predicted molar refractivity (Wildman–Crippen MR) is 168 cm³/mol. The van der Waals surface area contributed by atoms with Crippen LogP contribution in [-0.2, 0) is 16.0 Å². The summed E-state index contributed by atoms with van der Waals surface area (Å²) in [5, 5.41) is 3.85. The number of pyridine rings is 1. The van der Waals surface area contributed by atoms with Gasteiger partial charge in [0.05, 0.1) is 52.1 Å². The van der Waals surface area contributed by atoms with E-state index in [2.05, 4.69) is 30.2 Å². The minimum atomic E-state index is -5.42. The summed E-state index contributed by atoms with van der Waals surface area (Å²) >= 11 is 1.33. The van der Waals surface area contributed by atoms with Crippen molar-refractivity contribution >= 4 is 46.1 Å². The molecule has 15 heteroatoms. The molecule has 1 N–H and O–H groups in total. The number of amides is 1. The SMILES string of the molecule is CCc1nc(-c2cccc(N(C(=O)C(F)(F)F)c3c(F)cccc3F)c2)c(-c2ccnc(Nc3ccc(N4CCOCC4)nc3)n2)s1. The van der Waals surface area contributed by atoms with Crippen molar-refractivity contribution in [1.29, 1.82) is 0 Å². The molecule has 9 nitrogen and oxygen atoms in total. The molecule has 3 aromatic heterocycles. The van der Waals surface area contributed by atoms with Gasteiger partial charge in [-0.05, 0) is 48.9 Å². The fraction of sp³-hybridized carbons (Fsp3) is 0.219. The summed E-state index contributed by atoms with van der Waals surface area (Å²) in [6.07, 6.45) is -1.65. The number of nitrogens with zero attached hydrogens (tertiary/aromatic N) is 6. The highest BCUT2D eigenvalue weighted by Crippen LogP contribution is 2.40. The van der Waals surface area contributed by atoms with Gasteiger partial charge in [0.25, 0.3) is 0 Å². The van der Waals surface area contributed by atoms with Gasteiger partial charge in [-0.25, -0.2) is 28.7 Å². The number of carbonyl (C=O) groups is 1. The molecule has 0 spiro atoms. The van der Waals surface area contributed by atoms with E-state index in [9.17, 15) is 26.7 Å². The Kier molecular flexibility index (Phi) is 9.09. The molecule has 6 rings (SSSR count). The fourth-order valence-electron chi connectivity index (χ4n) is 4.97. The third-order valence-corrected chi connectivity index (χ3v) is 8.41. The van der Waals surface area contributed by atoms with E-state index in [-0.39, 0.29) is 10.8 Å². The number of rotatable bonds is 8. The molecular formula is C32H26F5N7O2S. The van der Waals surface area contributed by atoms with Crippen LogP contribution in [0.4, 0.5) is 50.8 Å². The Morgan fingerprint density at radius 2 is 1.74 bits per heavy atom. The molecule has 242 valence electrons. The quantitative estimate of drug-likeness (QED) is 0.172. The lowest BCUT2D eigenvalue weighted by molar-refractivity contribution is -0.169. The Morgan fingerprint density at radius 1 is 1.00 bits per heavy atom. The highest BCUT2D eigenvalue weighted by atomic mass is 32.1. The first-order valence-electron chi connectivity index (χ1n) is 14.5. The zero-order valence-electron chi connectivity index (χ0n) is 24.8. The van der Waals surface area contributed by atoms with E-state index in [1.807, 2.05) is 19.1 Å². The Labute approximate surface area is 269 Å². The number of aromatic nitrogens is 4. The van der Waals surface area contributed by atoms with Crippen LogP contribution in [0, 0.1) is 11.6 Å². The number of hydrogen-bond donors (Lipinski definition) is 1. The Morgan fingerprint density at radius 3 is 2.43 bits per heavy atom. The molecule has 5 aromatic rings. The van der Waals surface area contributed by atoms with Crippen molar-refractivity contribution in [2.45, 2.75) is 19.5 Å². The fourth-order valence-corrected chi connectivity index (χ4v) is 5.96. The normalized spacial score (nSPS) is 13.4. The van der Waals surface area contributed by atoms with Gasteiger partial charge in [0.1, 0.15) is 23.1 Å². The first kappa shape index (κ1) is 31.9. The van der Waals surface area contributed by atoms with Gasteiger partial charge in [0.2, 0.25) is 5.95 Å². The molecule has 1 fully saturated rings. The van der Waals surface area contributed by atoms with Crippen molar-refractivity contribution in [1.82, 2.24) is 19.9 Å². The average Bonchev–Trinajstić information content (AvgIpc) is 3.52. The number of hydrogen-bond acceptors (Lipinski definition) is 9. The van der Waals surface area contributed by atoms with Gasteiger partial charge in [-0.1, -0.05) is 25.1 Å². The predicted octanol–water partition coefficient (Wildman–Crippen LogP) is 7.31. The zero-order valence-corrected chi connectivity index (χ0v) is 25.6. The van der Waals surface area contributed by atoms with Crippen LogP contribution in [0.3, 0.4) is 0 Å². The van der Waals surface area contributed by atoms with Crippen molar-refractivity contribution in [2.24, 2.45) is 0 Å². The van der Waals surface area contributed by atoms with Crippen molar-refractivity contribution in [3.8, 4) is 21.8 Å². The molecular weight excluding hydrogens is 641 g/mol. The molecule has 1 aliphatic heterocycles. The second kappa shape index (κ2) is 13.4. The van der Waals surface area contributed by atoms with E-state index in [1.54, 1.807) is 24.5 Å². The van der Waals surface area contributed by atoms with Crippen LogP contribution < -0.4 is 15.1 Å². The first-order chi connectivity index (χ1) is 22.6. The summed E-state index contributed by atoms with van der Waals surface area (Å²) in [5.74, 6) is -4.02. The maximum Gasteiger partial charge on any atom is 0.472 e. The number of nitrogens with one attached hydrogen (secondary N) is 1. The minimum absolute atomic E-state index is 0.00792. The van der Waals surface area contributed by atoms with Gasteiger partial charge in [-0.15, -0.1) is 11.3 Å². The maximum atomic E-state index is 14.7. The summed E-state index contributed by atoms with van der Waals surface area (Å²) in [6, 6.07) is 13.3. The number of benzene rings is 2. The molecule has 47 heavy (non-hydrogen) atoms. The molecule has 1 saturated heterocycles. The van der Waals surface area contributed by atoms with Gasteiger partial charge < -0.3 is 15.0 Å². The number of carbonyl (C=O) groups excluding carboxylic acids is 1. The van der Waals surface area contributed by atoms with Crippen molar-refractivity contribution in [3.63, 3.8) is 0 Å². The van der Waals surface area contributed by atoms with E-state index in [0.717, 1.165) is 43.2 Å². The lowest BCUT2D eigenvalue weighted by Gasteiger charge is -2.27. The van der Waals surface area contributed by atoms with Crippen molar-refractivity contribution in [3.05, 3.63) is 89.7 Å². The van der Waals surface area contributed by atoms with Crippen LogP contribution in [0.15, 0.2) is 73.1 Å². The Hall–Kier alpha value is -5.02. The standard InChI is InChI=1S/C32H26F5N7O2S/c1-2-26-42-27(19-5-3-6-21(17-19)44(30(45)32(35,36)37)28-22(33)7-4-8-23(28)34)29(47-26)24-11-12-38-31(41-24)40-20-9-10-25(39-18-20)43-13-15-46-16-14-43/h3-12,17-18H,2,13-16H2,1H3,(H,38,40,41). The second-order valence-corrected chi connectivity index (χ2v) is 11.4. The van der Waals surface area contributed by atoms with E-state index in [0.29, 0.717) is 52.2 Å². The first-order valence-corrected chi connectivity index (χ1v) is 15.3. The Bertz CT molecular complexity index is 1880. The maximum absolute atomic E-state index is 14.7. The van der Waals surface area contributed by atoms with E-state index < -0.39 is 35.1 Å². The van der Waals surface area contributed by atoms with Gasteiger partial charge in [0, 0.05) is 24.8 Å². The molecule has 0 radical (unpaired) electrons. The van der Waals surface area contributed by atoms with E-state index in [1.165, 1.54) is 23.5 Å². The molecule has 0 atom stereocenters. The zero-order chi connectivity index (χ0) is 33.1. The van der Waals surface area contributed by atoms with Crippen LogP contribution in [0.2, 0.25) is 0 Å². The number of para-hydroxylation sites is 1. The van der Waals surface area contributed by atoms with Gasteiger partial charge in [0.15, 0.2) is 0 Å². The van der Waals surface area contributed by atoms with Gasteiger partial charge in [-0.2, -0.15) is 13.2 Å². The molecule has 0 aliphatic carbocycles. The number of alkyl halides is 3. The van der Waals surface area contributed by atoms with E-state index >= 15 is 0 Å². The highest BCUT2D eigenvalue weighted by Gasteiger charge is 2.45. The molecule has 0 saturated carbocycles.